The van der Waals surface area contributed by atoms with Gasteiger partial charge in [-0.3, -0.25) is 4.90 Å². The molecule has 2 aliphatic rings. The zero-order chi connectivity index (χ0) is 13.0. The van der Waals surface area contributed by atoms with Gasteiger partial charge in [-0.2, -0.15) is 0 Å². The molecule has 0 radical (unpaired) electrons. The van der Waals surface area contributed by atoms with Crippen LogP contribution in [0.25, 0.3) is 0 Å². The van der Waals surface area contributed by atoms with Crippen LogP contribution in [0.15, 0.2) is 0 Å². The first-order chi connectivity index (χ1) is 8.70. The Labute approximate surface area is 113 Å². The van der Waals surface area contributed by atoms with Crippen LogP contribution >= 0.6 is 0 Å². The van der Waals surface area contributed by atoms with Gasteiger partial charge >= 0.3 is 0 Å². The predicted octanol–water partition coefficient (Wildman–Crippen LogP) is 1.92. The zero-order valence-electron chi connectivity index (χ0n) is 12.3. The third-order valence-corrected chi connectivity index (χ3v) is 5.17. The summed E-state index contributed by atoms with van der Waals surface area (Å²) in [5, 5.41) is 0. The fourth-order valence-corrected chi connectivity index (χ4v) is 3.87. The van der Waals surface area contributed by atoms with E-state index in [-0.39, 0.29) is 0 Å². The SMILES string of the molecule is CCCC1CCN(C2(CN)CCCN(C)CC2)C1. The average Bonchev–Trinajstić information content (AvgIpc) is 2.75. The van der Waals surface area contributed by atoms with Gasteiger partial charge in [-0.25, -0.2) is 0 Å². The van der Waals surface area contributed by atoms with Crippen molar-refractivity contribution in [2.24, 2.45) is 11.7 Å². The summed E-state index contributed by atoms with van der Waals surface area (Å²) in [5.41, 5.74) is 6.50. The summed E-state index contributed by atoms with van der Waals surface area (Å²) in [4.78, 5) is 5.21. The third-order valence-electron chi connectivity index (χ3n) is 5.17. The second-order valence-electron chi connectivity index (χ2n) is 6.47. The maximum absolute atomic E-state index is 6.19. The van der Waals surface area contributed by atoms with Crippen molar-refractivity contribution in [2.45, 2.75) is 51.0 Å². The Hall–Kier alpha value is -0.120. The molecular weight excluding hydrogens is 222 g/mol. The zero-order valence-corrected chi connectivity index (χ0v) is 12.3. The lowest BCUT2D eigenvalue weighted by Crippen LogP contribution is -2.53. The molecule has 2 aliphatic heterocycles. The van der Waals surface area contributed by atoms with E-state index in [2.05, 4.69) is 23.8 Å². The highest BCUT2D eigenvalue weighted by Crippen LogP contribution is 2.33. The van der Waals surface area contributed by atoms with Gasteiger partial charge in [-0.05, 0) is 64.7 Å². The van der Waals surface area contributed by atoms with Crippen LogP contribution in [0.4, 0.5) is 0 Å². The highest BCUT2D eigenvalue weighted by molar-refractivity contribution is 4.97. The Bertz CT molecular complexity index is 256. The number of hydrogen-bond acceptors (Lipinski definition) is 3. The number of hydrogen-bond donors (Lipinski definition) is 1. The van der Waals surface area contributed by atoms with E-state index in [1.54, 1.807) is 0 Å². The molecule has 2 unspecified atom stereocenters. The monoisotopic (exact) mass is 253 g/mol. The van der Waals surface area contributed by atoms with Gasteiger partial charge in [-0.1, -0.05) is 13.3 Å². The minimum atomic E-state index is 0.313. The van der Waals surface area contributed by atoms with Crippen molar-refractivity contribution in [3.8, 4) is 0 Å². The van der Waals surface area contributed by atoms with E-state index in [0.29, 0.717) is 5.54 Å². The fourth-order valence-electron chi connectivity index (χ4n) is 3.87. The van der Waals surface area contributed by atoms with Gasteiger partial charge in [0.2, 0.25) is 0 Å². The van der Waals surface area contributed by atoms with E-state index < -0.39 is 0 Å². The van der Waals surface area contributed by atoms with Crippen LogP contribution in [-0.4, -0.2) is 55.1 Å². The van der Waals surface area contributed by atoms with Gasteiger partial charge in [0.1, 0.15) is 0 Å². The standard InChI is InChI=1S/C15H31N3/c1-3-5-14-6-10-18(12-14)15(13-16)7-4-9-17(2)11-8-15/h14H,3-13,16H2,1-2H3. The van der Waals surface area contributed by atoms with Crippen LogP contribution in [0.2, 0.25) is 0 Å². The molecule has 0 aromatic heterocycles. The van der Waals surface area contributed by atoms with Crippen LogP contribution in [-0.2, 0) is 0 Å². The van der Waals surface area contributed by atoms with Crippen LogP contribution in [0.3, 0.4) is 0 Å². The first-order valence-corrected chi connectivity index (χ1v) is 7.84. The summed E-state index contributed by atoms with van der Waals surface area (Å²) in [5.74, 6) is 0.930. The number of nitrogens with two attached hydrogens (primary N) is 1. The minimum Gasteiger partial charge on any atom is -0.329 e. The molecule has 3 heteroatoms. The summed E-state index contributed by atoms with van der Waals surface area (Å²) in [6, 6.07) is 0. The molecule has 2 heterocycles. The van der Waals surface area contributed by atoms with Gasteiger partial charge < -0.3 is 10.6 Å². The minimum absolute atomic E-state index is 0.313. The number of nitrogens with zero attached hydrogens (tertiary/aromatic N) is 2. The molecular formula is C15H31N3. The molecule has 0 aliphatic carbocycles. The molecule has 0 aromatic rings. The predicted molar refractivity (Wildman–Crippen MR) is 77.7 cm³/mol. The molecule has 0 bridgehead atoms. The molecule has 0 aromatic carbocycles. The second kappa shape index (κ2) is 6.36. The van der Waals surface area contributed by atoms with Gasteiger partial charge in [-0.15, -0.1) is 0 Å². The highest BCUT2D eigenvalue weighted by atomic mass is 15.2. The van der Waals surface area contributed by atoms with Gasteiger partial charge in [0.05, 0.1) is 0 Å². The summed E-state index contributed by atoms with van der Waals surface area (Å²) in [7, 11) is 2.25. The highest BCUT2D eigenvalue weighted by Gasteiger charge is 2.39. The van der Waals surface area contributed by atoms with Crippen molar-refractivity contribution < 1.29 is 0 Å². The first-order valence-electron chi connectivity index (χ1n) is 7.84. The van der Waals surface area contributed by atoms with Crippen molar-refractivity contribution in [3.05, 3.63) is 0 Å². The number of rotatable bonds is 4. The molecule has 2 N–H and O–H groups in total. The van der Waals surface area contributed by atoms with E-state index >= 15 is 0 Å². The van der Waals surface area contributed by atoms with Crippen LogP contribution in [0, 0.1) is 5.92 Å². The smallest absolute Gasteiger partial charge is 0.0344 e. The van der Waals surface area contributed by atoms with Gasteiger partial charge in [0.15, 0.2) is 0 Å². The lowest BCUT2D eigenvalue weighted by atomic mass is 9.88. The molecule has 0 spiro atoms. The van der Waals surface area contributed by atoms with Gasteiger partial charge in [0, 0.05) is 18.6 Å². The Morgan fingerprint density at radius 1 is 1.22 bits per heavy atom. The van der Waals surface area contributed by atoms with Crippen molar-refractivity contribution >= 4 is 0 Å². The van der Waals surface area contributed by atoms with Crippen LogP contribution in [0.5, 0.6) is 0 Å². The van der Waals surface area contributed by atoms with E-state index in [0.717, 1.165) is 12.5 Å². The maximum Gasteiger partial charge on any atom is 0.0344 e. The molecule has 2 rings (SSSR count). The van der Waals surface area contributed by atoms with Crippen molar-refractivity contribution in [1.82, 2.24) is 9.80 Å². The Morgan fingerprint density at radius 2 is 2.06 bits per heavy atom. The quantitative estimate of drug-likeness (QED) is 0.831. The van der Waals surface area contributed by atoms with E-state index in [1.807, 2.05) is 0 Å². The largest absolute Gasteiger partial charge is 0.329 e. The van der Waals surface area contributed by atoms with Crippen molar-refractivity contribution in [3.63, 3.8) is 0 Å². The molecule has 2 atom stereocenters. The molecule has 2 saturated heterocycles. The second-order valence-corrected chi connectivity index (χ2v) is 6.47. The summed E-state index contributed by atoms with van der Waals surface area (Å²) >= 11 is 0. The molecule has 18 heavy (non-hydrogen) atoms. The third kappa shape index (κ3) is 3.06. The summed E-state index contributed by atoms with van der Waals surface area (Å²) < 4.78 is 0. The normalized spacial score (nSPS) is 35.8. The summed E-state index contributed by atoms with van der Waals surface area (Å²) in [6.45, 7) is 8.20. The van der Waals surface area contributed by atoms with Gasteiger partial charge in [0.25, 0.3) is 0 Å². The van der Waals surface area contributed by atoms with E-state index in [1.165, 1.54) is 64.7 Å². The van der Waals surface area contributed by atoms with Crippen molar-refractivity contribution in [2.75, 3.05) is 39.8 Å². The average molecular weight is 253 g/mol. The lowest BCUT2D eigenvalue weighted by Gasteiger charge is -2.41. The first kappa shape index (κ1) is 14.3. The molecule has 2 fully saturated rings. The number of likely N-dealkylation sites (tertiary alicyclic amines) is 2. The maximum atomic E-state index is 6.19. The van der Waals surface area contributed by atoms with Crippen LogP contribution in [0.1, 0.15) is 45.4 Å². The Kier molecular flexibility index (Phi) is 5.05. The van der Waals surface area contributed by atoms with Crippen LogP contribution < -0.4 is 5.73 Å². The Morgan fingerprint density at radius 3 is 2.78 bits per heavy atom. The Balaban J connectivity index is 1.99. The molecule has 106 valence electrons. The van der Waals surface area contributed by atoms with E-state index in [9.17, 15) is 0 Å². The lowest BCUT2D eigenvalue weighted by molar-refractivity contribution is 0.101. The topological polar surface area (TPSA) is 32.5 Å². The molecule has 3 nitrogen and oxygen atoms in total. The molecule has 0 amide bonds. The fraction of sp³-hybridized carbons (Fsp3) is 1.00. The van der Waals surface area contributed by atoms with E-state index in [4.69, 9.17) is 5.73 Å². The van der Waals surface area contributed by atoms with Crippen molar-refractivity contribution in [1.29, 1.82) is 0 Å². The summed E-state index contributed by atoms with van der Waals surface area (Å²) in [6.07, 6.45) is 7.99. The molecule has 0 saturated carbocycles.